The van der Waals surface area contributed by atoms with Gasteiger partial charge in [-0.25, -0.2) is 0 Å². The van der Waals surface area contributed by atoms with Crippen LogP contribution in [-0.2, 0) is 4.74 Å². The molecule has 1 amide bonds. The van der Waals surface area contributed by atoms with Gasteiger partial charge in [0.25, 0.3) is 5.91 Å². The normalized spacial score (nSPS) is 21.4. The molecule has 1 aliphatic rings. The van der Waals surface area contributed by atoms with E-state index in [4.69, 9.17) is 4.74 Å². The molecule has 1 saturated heterocycles. The van der Waals surface area contributed by atoms with Gasteiger partial charge in [0.05, 0.1) is 5.60 Å². The molecule has 1 atom stereocenters. The molecule has 2 rings (SSSR count). The van der Waals surface area contributed by atoms with Gasteiger partial charge in [-0.15, -0.1) is 0 Å². The molecule has 110 valence electrons. The van der Waals surface area contributed by atoms with Gasteiger partial charge in [0.1, 0.15) is 5.69 Å². The molecular formula is C15H22N2O3. The first-order chi connectivity index (χ1) is 9.58. The minimum atomic E-state index is -0.263. The van der Waals surface area contributed by atoms with Crippen LogP contribution in [0, 0.1) is 0 Å². The van der Waals surface area contributed by atoms with Crippen molar-refractivity contribution in [1.82, 2.24) is 10.3 Å². The highest BCUT2D eigenvalue weighted by Crippen LogP contribution is 2.31. The number of carbonyl (C=O) groups is 1. The number of aromatic amines is 1. The quantitative estimate of drug-likeness (QED) is 0.883. The Balaban J connectivity index is 2.03. The second-order valence-corrected chi connectivity index (χ2v) is 5.33. The lowest BCUT2D eigenvalue weighted by Crippen LogP contribution is -2.48. The average molecular weight is 278 g/mol. The largest absolute Gasteiger partial charge is 0.375 e. The average Bonchev–Trinajstić information content (AvgIpc) is 2.47. The summed E-state index contributed by atoms with van der Waals surface area (Å²) in [5.74, 6) is -0.226. The molecule has 20 heavy (non-hydrogen) atoms. The van der Waals surface area contributed by atoms with Gasteiger partial charge in [0.2, 0.25) is 5.56 Å². The van der Waals surface area contributed by atoms with Crippen LogP contribution in [0.2, 0.25) is 0 Å². The zero-order chi connectivity index (χ0) is 14.6. The number of hydrogen-bond donors (Lipinski definition) is 2. The summed E-state index contributed by atoms with van der Waals surface area (Å²) >= 11 is 0. The molecule has 0 spiro atoms. The van der Waals surface area contributed by atoms with Gasteiger partial charge >= 0.3 is 0 Å². The van der Waals surface area contributed by atoms with E-state index in [1.54, 1.807) is 12.1 Å². The predicted octanol–water partition coefficient (Wildman–Crippen LogP) is 1.84. The fourth-order valence-corrected chi connectivity index (χ4v) is 2.74. The van der Waals surface area contributed by atoms with Crippen LogP contribution in [0.5, 0.6) is 0 Å². The number of ether oxygens (including phenoxy) is 1. The van der Waals surface area contributed by atoms with Gasteiger partial charge in [-0.3, -0.25) is 9.59 Å². The van der Waals surface area contributed by atoms with Gasteiger partial charge in [-0.2, -0.15) is 0 Å². The Morgan fingerprint density at radius 1 is 1.45 bits per heavy atom. The van der Waals surface area contributed by atoms with Gasteiger partial charge in [0.15, 0.2) is 0 Å². The molecule has 1 fully saturated rings. The summed E-state index contributed by atoms with van der Waals surface area (Å²) in [7, 11) is 0. The van der Waals surface area contributed by atoms with E-state index in [2.05, 4.69) is 24.1 Å². The van der Waals surface area contributed by atoms with Crippen LogP contribution in [0.15, 0.2) is 23.0 Å². The molecule has 0 bridgehead atoms. The van der Waals surface area contributed by atoms with E-state index in [9.17, 15) is 9.59 Å². The van der Waals surface area contributed by atoms with Crippen LogP contribution in [0.4, 0.5) is 0 Å². The molecule has 0 aromatic carbocycles. The van der Waals surface area contributed by atoms with Gasteiger partial charge in [-0.1, -0.05) is 19.9 Å². The number of nitrogens with one attached hydrogen (secondary N) is 2. The van der Waals surface area contributed by atoms with E-state index >= 15 is 0 Å². The third-order valence-electron chi connectivity index (χ3n) is 4.13. The summed E-state index contributed by atoms with van der Waals surface area (Å²) in [4.78, 5) is 25.9. The van der Waals surface area contributed by atoms with Crippen LogP contribution in [-0.4, -0.2) is 29.1 Å². The SMILES string of the molecule is CCC1(CC)CC(NC(=O)c2cccc(=O)[nH]2)CCO1. The van der Waals surface area contributed by atoms with Crippen molar-refractivity contribution in [2.45, 2.75) is 51.2 Å². The summed E-state index contributed by atoms with van der Waals surface area (Å²) in [6.45, 7) is 4.89. The number of hydrogen-bond acceptors (Lipinski definition) is 3. The van der Waals surface area contributed by atoms with Crippen molar-refractivity contribution in [3.05, 3.63) is 34.2 Å². The maximum absolute atomic E-state index is 12.1. The van der Waals surface area contributed by atoms with E-state index in [1.165, 1.54) is 6.07 Å². The first-order valence-electron chi connectivity index (χ1n) is 7.23. The summed E-state index contributed by atoms with van der Waals surface area (Å²) in [5, 5.41) is 3.00. The van der Waals surface area contributed by atoms with Crippen LogP contribution < -0.4 is 10.9 Å². The molecule has 1 aromatic heterocycles. The van der Waals surface area contributed by atoms with E-state index < -0.39 is 0 Å². The number of aromatic nitrogens is 1. The summed E-state index contributed by atoms with van der Waals surface area (Å²) < 4.78 is 5.89. The number of amides is 1. The zero-order valence-corrected chi connectivity index (χ0v) is 12.1. The maximum Gasteiger partial charge on any atom is 0.268 e. The third kappa shape index (κ3) is 3.28. The minimum Gasteiger partial charge on any atom is -0.375 e. The van der Waals surface area contributed by atoms with Crippen LogP contribution in [0.1, 0.15) is 50.0 Å². The van der Waals surface area contributed by atoms with Crippen molar-refractivity contribution in [2.24, 2.45) is 0 Å². The van der Waals surface area contributed by atoms with Crippen LogP contribution >= 0.6 is 0 Å². The number of pyridine rings is 1. The predicted molar refractivity (Wildman–Crippen MR) is 76.8 cm³/mol. The molecule has 1 aromatic rings. The Bertz CT molecular complexity index is 520. The maximum atomic E-state index is 12.1. The summed E-state index contributed by atoms with van der Waals surface area (Å²) in [6, 6.07) is 4.69. The van der Waals surface area contributed by atoms with Gasteiger partial charge in [-0.05, 0) is 31.7 Å². The summed E-state index contributed by atoms with van der Waals surface area (Å²) in [5.41, 5.74) is -0.0796. The molecule has 2 heterocycles. The second kappa shape index (κ2) is 6.22. The topological polar surface area (TPSA) is 71.2 Å². The van der Waals surface area contributed by atoms with Crippen LogP contribution in [0.25, 0.3) is 0 Å². The Morgan fingerprint density at radius 2 is 2.20 bits per heavy atom. The lowest BCUT2D eigenvalue weighted by atomic mass is 9.86. The number of rotatable bonds is 4. The van der Waals surface area contributed by atoms with E-state index in [0.29, 0.717) is 12.3 Å². The number of carbonyl (C=O) groups excluding carboxylic acids is 1. The molecule has 0 aliphatic carbocycles. The van der Waals surface area contributed by atoms with E-state index in [0.717, 1.165) is 25.7 Å². The lowest BCUT2D eigenvalue weighted by Gasteiger charge is -2.40. The highest BCUT2D eigenvalue weighted by Gasteiger charge is 2.35. The van der Waals surface area contributed by atoms with Crippen molar-refractivity contribution >= 4 is 5.91 Å². The smallest absolute Gasteiger partial charge is 0.268 e. The standard InChI is InChI=1S/C15H22N2O3/c1-3-15(4-2)10-11(8-9-20-15)16-14(19)12-6-5-7-13(18)17-12/h5-7,11H,3-4,8-10H2,1-2H3,(H,16,19)(H,17,18). The minimum absolute atomic E-state index is 0.0971. The Hall–Kier alpha value is -1.62. The Morgan fingerprint density at radius 3 is 2.85 bits per heavy atom. The second-order valence-electron chi connectivity index (χ2n) is 5.33. The van der Waals surface area contributed by atoms with Crippen molar-refractivity contribution in [1.29, 1.82) is 0 Å². The lowest BCUT2D eigenvalue weighted by molar-refractivity contribution is -0.0918. The first kappa shape index (κ1) is 14.8. The molecule has 0 radical (unpaired) electrons. The molecule has 5 heteroatoms. The summed E-state index contributed by atoms with van der Waals surface area (Å²) in [6.07, 6.45) is 3.52. The Kier molecular flexibility index (Phi) is 4.60. The zero-order valence-electron chi connectivity index (χ0n) is 12.1. The van der Waals surface area contributed by atoms with Crippen molar-refractivity contribution in [3.8, 4) is 0 Å². The Labute approximate surface area is 118 Å². The monoisotopic (exact) mass is 278 g/mol. The van der Waals surface area contributed by atoms with Crippen molar-refractivity contribution in [3.63, 3.8) is 0 Å². The molecule has 0 saturated carbocycles. The fourth-order valence-electron chi connectivity index (χ4n) is 2.74. The highest BCUT2D eigenvalue weighted by molar-refractivity contribution is 5.92. The van der Waals surface area contributed by atoms with Crippen LogP contribution in [0.3, 0.4) is 0 Å². The third-order valence-corrected chi connectivity index (χ3v) is 4.13. The van der Waals surface area contributed by atoms with Gasteiger partial charge in [0, 0.05) is 18.7 Å². The fraction of sp³-hybridized carbons (Fsp3) is 0.600. The van der Waals surface area contributed by atoms with E-state index in [-0.39, 0.29) is 23.1 Å². The van der Waals surface area contributed by atoms with Crippen molar-refractivity contribution < 1.29 is 9.53 Å². The van der Waals surface area contributed by atoms with Crippen molar-refractivity contribution in [2.75, 3.05) is 6.61 Å². The van der Waals surface area contributed by atoms with Gasteiger partial charge < -0.3 is 15.0 Å². The highest BCUT2D eigenvalue weighted by atomic mass is 16.5. The van der Waals surface area contributed by atoms with E-state index in [1.807, 2.05) is 0 Å². The molecule has 2 N–H and O–H groups in total. The molecular weight excluding hydrogens is 256 g/mol. The molecule has 1 unspecified atom stereocenters. The number of H-pyrrole nitrogens is 1. The molecule has 1 aliphatic heterocycles. The molecule has 5 nitrogen and oxygen atoms in total. The first-order valence-corrected chi connectivity index (χ1v) is 7.23.